The smallest absolute Gasteiger partial charge is 0.338 e. The van der Waals surface area contributed by atoms with Crippen LogP contribution in [-0.4, -0.2) is 26.8 Å². The Morgan fingerprint density at radius 2 is 2.21 bits per heavy atom. The predicted molar refractivity (Wildman–Crippen MR) is 69.0 cm³/mol. The van der Waals surface area contributed by atoms with Crippen LogP contribution in [0.4, 0.5) is 5.69 Å². The van der Waals surface area contributed by atoms with Crippen LogP contribution >= 0.6 is 0 Å². The summed E-state index contributed by atoms with van der Waals surface area (Å²) in [7, 11) is 0. The van der Waals surface area contributed by atoms with Gasteiger partial charge in [-0.25, -0.2) is 4.79 Å². The minimum Gasteiger partial charge on any atom is -0.478 e. The van der Waals surface area contributed by atoms with E-state index >= 15 is 0 Å². The lowest BCUT2D eigenvalue weighted by Crippen LogP contribution is -2.19. The zero-order valence-electron chi connectivity index (χ0n) is 10.3. The first-order chi connectivity index (χ1) is 9.04. The molecule has 1 aromatic carbocycles. The van der Waals surface area contributed by atoms with Gasteiger partial charge in [-0.2, -0.15) is 5.10 Å². The van der Waals surface area contributed by atoms with E-state index in [1.807, 2.05) is 25.1 Å². The molecule has 6 nitrogen and oxygen atoms in total. The lowest BCUT2D eigenvalue weighted by Gasteiger charge is -2.05. The van der Waals surface area contributed by atoms with E-state index in [2.05, 4.69) is 10.4 Å². The SMILES string of the molecule is Cc1cccc(NC(=O)Cn2cc(C(=O)O)cn2)c1. The number of carbonyl (C=O) groups is 2. The van der Waals surface area contributed by atoms with Crippen molar-refractivity contribution in [3.05, 3.63) is 47.8 Å². The monoisotopic (exact) mass is 259 g/mol. The van der Waals surface area contributed by atoms with E-state index in [-0.39, 0.29) is 18.0 Å². The van der Waals surface area contributed by atoms with Crippen molar-refractivity contribution < 1.29 is 14.7 Å². The number of hydrogen-bond acceptors (Lipinski definition) is 3. The molecule has 19 heavy (non-hydrogen) atoms. The molecule has 0 fully saturated rings. The number of aryl methyl sites for hydroxylation is 1. The van der Waals surface area contributed by atoms with Crippen molar-refractivity contribution in [2.75, 3.05) is 5.32 Å². The summed E-state index contributed by atoms with van der Waals surface area (Å²) in [5.74, 6) is -1.32. The van der Waals surface area contributed by atoms with Gasteiger partial charge in [0.2, 0.25) is 5.91 Å². The number of nitrogens with one attached hydrogen (secondary N) is 1. The highest BCUT2D eigenvalue weighted by Crippen LogP contribution is 2.09. The third-order valence-corrected chi connectivity index (χ3v) is 2.49. The van der Waals surface area contributed by atoms with E-state index in [9.17, 15) is 9.59 Å². The first kappa shape index (κ1) is 12.8. The molecular formula is C13H13N3O3. The fourth-order valence-corrected chi connectivity index (χ4v) is 1.63. The Morgan fingerprint density at radius 3 is 2.84 bits per heavy atom. The van der Waals surface area contributed by atoms with Gasteiger partial charge in [0, 0.05) is 11.9 Å². The number of carbonyl (C=O) groups excluding carboxylic acids is 1. The number of aromatic nitrogens is 2. The molecule has 6 heteroatoms. The first-order valence-electron chi connectivity index (χ1n) is 5.67. The zero-order valence-corrected chi connectivity index (χ0v) is 10.3. The Kier molecular flexibility index (Phi) is 3.61. The summed E-state index contributed by atoms with van der Waals surface area (Å²) in [4.78, 5) is 22.4. The maximum atomic E-state index is 11.8. The highest BCUT2D eigenvalue weighted by atomic mass is 16.4. The number of hydrogen-bond donors (Lipinski definition) is 2. The second-order valence-electron chi connectivity index (χ2n) is 4.15. The van der Waals surface area contributed by atoms with Crippen LogP contribution in [0.5, 0.6) is 0 Å². The van der Waals surface area contributed by atoms with E-state index in [1.165, 1.54) is 17.1 Å². The van der Waals surface area contributed by atoms with E-state index in [0.717, 1.165) is 5.56 Å². The Hall–Kier alpha value is -2.63. The topological polar surface area (TPSA) is 84.2 Å². The number of amides is 1. The van der Waals surface area contributed by atoms with Gasteiger partial charge in [-0.3, -0.25) is 9.48 Å². The molecule has 0 unspecified atom stereocenters. The summed E-state index contributed by atoms with van der Waals surface area (Å²) in [6, 6.07) is 7.42. The number of anilines is 1. The Balaban J connectivity index is 1.99. The molecule has 0 aliphatic heterocycles. The van der Waals surface area contributed by atoms with E-state index < -0.39 is 5.97 Å². The summed E-state index contributed by atoms with van der Waals surface area (Å²) in [5.41, 5.74) is 1.81. The molecule has 0 radical (unpaired) electrons. The number of carboxylic acids is 1. The average molecular weight is 259 g/mol. The highest BCUT2D eigenvalue weighted by Gasteiger charge is 2.09. The number of nitrogens with zero attached hydrogens (tertiary/aromatic N) is 2. The summed E-state index contributed by atoms with van der Waals surface area (Å²) in [5, 5.41) is 15.3. The van der Waals surface area contributed by atoms with Crippen molar-refractivity contribution in [2.45, 2.75) is 13.5 Å². The normalized spacial score (nSPS) is 10.2. The van der Waals surface area contributed by atoms with Crippen LogP contribution in [0.3, 0.4) is 0 Å². The molecular weight excluding hydrogens is 246 g/mol. The van der Waals surface area contributed by atoms with Crippen LogP contribution in [0, 0.1) is 6.92 Å². The molecule has 0 bridgehead atoms. The molecule has 0 saturated carbocycles. The molecule has 0 saturated heterocycles. The van der Waals surface area contributed by atoms with Crippen molar-refractivity contribution in [3.63, 3.8) is 0 Å². The van der Waals surface area contributed by atoms with Crippen molar-refractivity contribution >= 4 is 17.6 Å². The Morgan fingerprint density at radius 1 is 1.42 bits per heavy atom. The average Bonchev–Trinajstić information content (AvgIpc) is 2.77. The van der Waals surface area contributed by atoms with Gasteiger partial charge in [0.15, 0.2) is 0 Å². The van der Waals surface area contributed by atoms with Crippen LogP contribution in [-0.2, 0) is 11.3 Å². The quantitative estimate of drug-likeness (QED) is 0.872. The Bertz CT molecular complexity index is 619. The van der Waals surface area contributed by atoms with Crippen molar-refractivity contribution in [3.8, 4) is 0 Å². The highest BCUT2D eigenvalue weighted by molar-refractivity contribution is 5.91. The van der Waals surface area contributed by atoms with Gasteiger partial charge < -0.3 is 10.4 Å². The van der Waals surface area contributed by atoms with Crippen molar-refractivity contribution in [1.82, 2.24) is 9.78 Å². The predicted octanol–water partition coefficient (Wildman–Crippen LogP) is 1.53. The number of rotatable bonds is 4. The number of carboxylic acid groups (broad SMARTS) is 1. The second kappa shape index (κ2) is 5.34. The number of aromatic carboxylic acids is 1. The van der Waals surface area contributed by atoms with Crippen LogP contribution < -0.4 is 5.32 Å². The van der Waals surface area contributed by atoms with Crippen LogP contribution in [0.1, 0.15) is 15.9 Å². The third kappa shape index (κ3) is 3.41. The summed E-state index contributed by atoms with van der Waals surface area (Å²) in [6.07, 6.45) is 2.53. The molecule has 0 spiro atoms. The molecule has 0 atom stereocenters. The molecule has 0 aliphatic carbocycles. The van der Waals surface area contributed by atoms with E-state index in [1.54, 1.807) is 6.07 Å². The summed E-state index contributed by atoms with van der Waals surface area (Å²) in [6.45, 7) is 1.91. The van der Waals surface area contributed by atoms with E-state index in [0.29, 0.717) is 5.69 Å². The van der Waals surface area contributed by atoms with Gasteiger partial charge >= 0.3 is 5.97 Å². The van der Waals surface area contributed by atoms with Crippen LogP contribution in [0.15, 0.2) is 36.7 Å². The van der Waals surface area contributed by atoms with Gasteiger partial charge in [-0.1, -0.05) is 12.1 Å². The minimum absolute atomic E-state index is 0.0266. The molecule has 98 valence electrons. The molecule has 1 aromatic heterocycles. The molecule has 1 heterocycles. The standard InChI is InChI=1S/C13H13N3O3/c1-9-3-2-4-11(5-9)15-12(17)8-16-7-10(6-14-16)13(18)19/h2-7H,8H2,1H3,(H,15,17)(H,18,19). The summed E-state index contributed by atoms with van der Waals surface area (Å²) >= 11 is 0. The molecule has 2 aromatic rings. The van der Waals surface area contributed by atoms with Gasteiger partial charge in [0.1, 0.15) is 6.54 Å². The third-order valence-electron chi connectivity index (χ3n) is 2.49. The van der Waals surface area contributed by atoms with Crippen LogP contribution in [0.2, 0.25) is 0 Å². The first-order valence-corrected chi connectivity index (χ1v) is 5.67. The Labute approximate surface area is 109 Å². The largest absolute Gasteiger partial charge is 0.478 e. The molecule has 0 aliphatic rings. The minimum atomic E-state index is -1.06. The van der Waals surface area contributed by atoms with Gasteiger partial charge in [-0.05, 0) is 24.6 Å². The molecule has 2 N–H and O–H groups in total. The molecule has 1 amide bonds. The van der Waals surface area contributed by atoms with Gasteiger partial charge in [0.25, 0.3) is 0 Å². The maximum absolute atomic E-state index is 11.8. The van der Waals surface area contributed by atoms with Gasteiger partial charge in [-0.15, -0.1) is 0 Å². The lowest BCUT2D eigenvalue weighted by atomic mass is 10.2. The van der Waals surface area contributed by atoms with Gasteiger partial charge in [0.05, 0.1) is 11.8 Å². The fourth-order valence-electron chi connectivity index (χ4n) is 1.63. The van der Waals surface area contributed by atoms with Crippen molar-refractivity contribution in [1.29, 1.82) is 0 Å². The molecule has 2 rings (SSSR count). The zero-order chi connectivity index (χ0) is 13.8. The maximum Gasteiger partial charge on any atom is 0.338 e. The lowest BCUT2D eigenvalue weighted by molar-refractivity contribution is -0.116. The number of benzene rings is 1. The van der Waals surface area contributed by atoms with E-state index in [4.69, 9.17) is 5.11 Å². The van der Waals surface area contributed by atoms with Crippen molar-refractivity contribution in [2.24, 2.45) is 0 Å². The van der Waals surface area contributed by atoms with Crippen LogP contribution in [0.25, 0.3) is 0 Å². The summed E-state index contributed by atoms with van der Waals surface area (Å²) < 4.78 is 1.29. The second-order valence-corrected chi connectivity index (χ2v) is 4.15. The fraction of sp³-hybridized carbons (Fsp3) is 0.154.